The van der Waals surface area contributed by atoms with Crippen LogP contribution in [0.3, 0.4) is 0 Å². The molecule has 0 aliphatic heterocycles. The van der Waals surface area contributed by atoms with Crippen LogP contribution in [0.2, 0.25) is 0 Å². The molecule has 0 N–H and O–H groups in total. The van der Waals surface area contributed by atoms with E-state index in [0.717, 1.165) is 17.8 Å². The van der Waals surface area contributed by atoms with E-state index in [1.54, 1.807) is 18.3 Å². The van der Waals surface area contributed by atoms with E-state index in [1.807, 2.05) is 6.92 Å². The zero-order chi connectivity index (χ0) is 14.0. The lowest BCUT2D eigenvalue weighted by atomic mass is 10.1. The Bertz CT molecular complexity index is 635. The molecule has 0 amide bonds. The maximum atomic E-state index is 12.8. The van der Waals surface area contributed by atoms with Crippen molar-refractivity contribution in [1.82, 2.24) is 9.78 Å². The Hall–Kier alpha value is -2.29. The summed E-state index contributed by atoms with van der Waals surface area (Å²) in [6.45, 7) is 1.91. The molecular weight excluding hydrogens is 255 g/mol. The van der Waals surface area contributed by atoms with Crippen molar-refractivity contribution in [2.75, 3.05) is 0 Å². The topological polar surface area (TPSA) is 41.6 Å². The number of nitriles is 1. The van der Waals surface area contributed by atoms with Crippen LogP contribution in [-0.4, -0.2) is 9.78 Å². The second-order valence-electron chi connectivity index (χ2n) is 3.94. The SMILES string of the molecule is CCc1ccn(-c2ccc(C#N)c(C(F)(F)F)c2)n1. The summed E-state index contributed by atoms with van der Waals surface area (Å²) < 4.78 is 39.8. The fourth-order valence-electron chi connectivity index (χ4n) is 1.70. The van der Waals surface area contributed by atoms with E-state index in [1.165, 1.54) is 10.7 Å². The number of nitrogens with zero attached hydrogens (tertiary/aromatic N) is 3. The van der Waals surface area contributed by atoms with Gasteiger partial charge in [0.15, 0.2) is 0 Å². The Balaban J connectivity index is 2.52. The highest BCUT2D eigenvalue weighted by Crippen LogP contribution is 2.33. The van der Waals surface area contributed by atoms with Crippen LogP contribution in [0.25, 0.3) is 5.69 Å². The fourth-order valence-corrected chi connectivity index (χ4v) is 1.70. The van der Waals surface area contributed by atoms with Gasteiger partial charge >= 0.3 is 6.18 Å². The third kappa shape index (κ3) is 2.60. The third-order valence-corrected chi connectivity index (χ3v) is 2.70. The van der Waals surface area contributed by atoms with E-state index >= 15 is 0 Å². The van der Waals surface area contributed by atoms with E-state index in [2.05, 4.69) is 5.10 Å². The standard InChI is InChI=1S/C13H10F3N3/c1-2-10-5-6-19(18-10)11-4-3-9(8-17)12(7-11)13(14,15)16/h3-7H,2H2,1H3. The molecule has 0 saturated carbocycles. The van der Waals surface area contributed by atoms with Crippen molar-refractivity contribution in [3.63, 3.8) is 0 Å². The lowest BCUT2D eigenvalue weighted by Gasteiger charge is -2.10. The Kier molecular flexibility index (Phi) is 3.30. The van der Waals surface area contributed by atoms with Crippen LogP contribution in [0.4, 0.5) is 13.2 Å². The highest BCUT2D eigenvalue weighted by molar-refractivity contribution is 5.47. The highest BCUT2D eigenvalue weighted by atomic mass is 19.4. The van der Waals surface area contributed by atoms with Gasteiger partial charge in [-0.2, -0.15) is 23.5 Å². The summed E-state index contributed by atoms with van der Waals surface area (Å²) in [6.07, 6.45) is -2.25. The molecule has 0 bridgehead atoms. The molecule has 19 heavy (non-hydrogen) atoms. The molecule has 0 aliphatic rings. The summed E-state index contributed by atoms with van der Waals surface area (Å²) in [4.78, 5) is 0. The highest BCUT2D eigenvalue weighted by Gasteiger charge is 2.34. The van der Waals surface area contributed by atoms with E-state index in [4.69, 9.17) is 5.26 Å². The second kappa shape index (κ2) is 4.76. The minimum atomic E-state index is -4.55. The molecule has 0 saturated heterocycles. The molecule has 0 unspecified atom stereocenters. The first-order valence-corrected chi connectivity index (χ1v) is 5.62. The average Bonchev–Trinajstić information content (AvgIpc) is 2.85. The van der Waals surface area contributed by atoms with Gasteiger partial charge in [0, 0.05) is 6.20 Å². The number of aromatic nitrogens is 2. The number of hydrogen-bond donors (Lipinski definition) is 0. The number of rotatable bonds is 2. The van der Waals surface area contributed by atoms with Gasteiger partial charge in [0.2, 0.25) is 0 Å². The predicted octanol–water partition coefficient (Wildman–Crippen LogP) is 3.33. The third-order valence-electron chi connectivity index (χ3n) is 2.70. The van der Waals surface area contributed by atoms with Crippen molar-refractivity contribution in [3.8, 4) is 11.8 Å². The molecule has 98 valence electrons. The molecule has 0 aliphatic carbocycles. The smallest absolute Gasteiger partial charge is 0.241 e. The van der Waals surface area contributed by atoms with Crippen LogP contribution in [0.15, 0.2) is 30.5 Å². The van der Waals surface area contributed by atoms with Gasteiger partial charge in [-0.05, 0) is 30.7 Å². The zero-order valence-corrected chi connectivity index (χ0v) is 10.1. The first-order chi connectivity index (χ1) is 8.95. The van der Waals surface area contributed by atoms with Crippen molar-refractivity contribution in [3.05, 3.63) is 47.3 Å². The zero-order valence-electron chi connectivity index (χ0n) is 10.1. The molecule has 0 fully saturated rings. The van der Waals surface area contributed by atoms with E-state index in [0.29, 0.717) is 6.42 Å². The van der Waals surface area contributed by atoms with Gasteiger partial charge in [0.25, 0.3) is 0 Å². The number of aryl methyl sites for hydroxylation is 1. The molecule has 3 nitrogen and oxygen atoms in total. The Morgan fingerprint density at radius 1 is 1.32 bits per heavy atom. The maximum Gasteiger partial charge on any atom is 0.417 e. The molecule has 1 aromatic heterocycles. The van der Waals surface area contributed by atoms with Gasteiger partial charge in [0.1, 0.15) is 0 Å². The molecule has 1 aromatic carbocycles. The van der Waals surface area contributed by atoms with Crippen molar-refractivity contribution in [2.24, 2.45) is 0 Å². The van der Waals surface area contributed by atoms with Crippen molar-refractivity contribution < 1.29 is 13.2 Å². The molecule has 1 heterocycles. The first kappa shape index (κ1) is 13.1. The van der Waals surface area contributed by atoms with Crippen LogP contribution in [0.5, 0.6) is 0 Å². The van der Waals surface area contributed by atoms with Crippen LogP contribution >= 0.6 is 0 Å². The quantitative estimate of drug-likeness (QED) is 0.835. The van der Waals surface area contributed by atoms with Crippen LogP contribution in [0, 0.1) is 11.3 Å². The monoisotopic (exact) mass is 265 g/mol. The van der Waals surface area contributed by atoms with Crippen molar-refractivity contribution in [2.45, 2.75) is 19.5 Å². The van der Waals surface area contributed by atoms with Gasteiger partial charge in [-0.15, -0.1) is 0 Å². The summed E-state index contributed by atoms with van der Waals surface area (Å²) in [5.74, 6) is 0. The average molecular weight is 265 g/mol. The molecule has 6 heteroatoms. The van der Waals surface area contributed by atoms with Gasteiger partial charge < -0.3 is 0 Å². The van der Waals surface area contributed by atoms with Gasteiger partial charge in [-0.3, -0.25) is 0 Å². The molecule has 0 atom stereocenters. The molecule has 2 rings (SSSR count). The fraction of sp³-hybridized carbons (Fsp3) is 0.231. The second-order valence-corrected chi connectivity index (χ2v) is 3.94. The van der Waals surface area contributed by atoms with Crippen LogP contribution in [-0.2, 0) is 12.6 Å². The molecule has 0 radical (unpaired) electrons. The normalized spacial score (nSPS) is 11.3. The Morgan fingerprint density at radius 3 is 2.58 bits per heavy atom. The summed E-state index contributed by atoms with van der Waals surface area (Å²) in [7, 11) is 0. The summed E-state index contributed by atoms with van der Waals surface area (Å²) in [6, 6.07) is 6.83. The van der Waals surface area contributed by atoms with Gasteiger partial charge in [-0.25, -0.2) is 4.68 Å². The van der Waals surface area contributed by atoms with Crippen molar-refractivity contribution in [1.29, 1.82) is 5.26 Å². The number of hydrogen-bond acceptors (Lipinski definition) is 2. The number of benzene rings is 1. The predicted molar refractivity (Wildman–Crippen MR) is 62.7 cm³/mol. The van der Waals surface area contributed by atoms with Crippen LogP contribution < -0.4 is 0 Å². The number of alkyl halides is 3. The van der Waals surface area contributed by atoms with E-state index in [-0.39, 0.29) is 11.3 Å². The molecular formula is C13H10F3N3. The lowest BCUT2D eigenvalue weighted by molar-refractivity contribution is -0.137. The minimum Gasteiger partial charge on any atom is -0.241 e. The Labute approximate surface area is 107 Å². The Morgan fingerprint density at radius 2 is 2.05 bits per heavy atom. The maximum absolute atomic E-state index is 12.8. The molecule has 0 spiro atoms. The van der Waals surface area contributed by atoms with Gasteiger partial charge in [-0.1, -0.05) is 6.92 Å². The summed E-state index contributed by atoms with van der Waals surface area (Å²) in [5.41, 5.74) is -0.260. The van der Waals surface area contributed by atoms with Crippen molar-refractivity contribution >= 4 is 0 Å². The summed E-state index contributed by atoms with van der Waals surface area (Å²) in [5, 5.41) is 12.9. The first-order valence-electron chi connectivity index (χ1n) is 5.62. The molecule has 2 aromatic rings. The largest absolute Gasteiger partial charge is 0.417 e. The van der Waals surface area contributed by atoms with E-state index < -0.39 is 11.7 Å². The summed E-state index contributed by atoms with van der Waals surface area (Å²) >= 11 is 0. The van der Waals surface area contributed by atoms with Crippen LogP contribution in [0.1, 0.15) is 23.7 Å². The minimum absolute atomic E-state index is 0.283. The van der Waals surface area contributed by atoms with E-state index in [9.17, 15) is 13.2 Å². The lowest BCUT2D eigenvalue weighted by Crippen LogP contribution is -2.09. The number of halogens is 3. The van der Waals surface area contributed by atoms with Gasteiger partial charge in [0.05, 0.1) is 28.6 Å².